The molecular weight excluding hydrogens is 248 g/mol. The third-order valence-corrected chi connectivity index (χ3v) is 3.31. The van der Waals surface area contributed by atoms with Crippen LogP contribution in [0.3, 0.4) is 0 Å². The van der Waals surface area contributed by atoms with Crippen molar-refractivity contribution < 1.29 is 5.11 Å². The lowest BCUT2D eigenvalue weighted by Crippen LogP contribution is -2.37. The first-order chi connectivity index (χ1) is 9.38. The van der Waals surface area contributed by atoms with E-state index in [1.54, 1.807) is 0 Å². The van der Waals surface area contributed by atoms with Gasteiger partial charge in [-0.1, -0.05) is 38.1 Å². The van der Waals surface area contributed by atoms with Gasteiger partial charge in [-0.2, -0.15) is 0 Å². The van der Waals surface area contributed by atoms with Crippen LogP contribution in [0.25, 0.3) is 0 Å². The van der Waals surface area contributed by atoms with Gasteiger partial charge < -0.3 is 15.3 Å². The van der Waals surface area contributed by atoms with Gasteiger partial charge in [0.25, 0.3) is 0 Å². The Balaban J connectivity index is 2.45. The molecule has 0 bridgehead atoms. The van der Waals surface area contributed by atoms with E-state index in [9.17, 15) is 5.11 Å². The zero-order valence-electron chi connectivity index (χ0n) is 13.6. The Kier molecular flexibility index (Phi) is 7.20. The van der Waals surface area contributed by atoms with Crippen LogP contribution in [0.15, 0.2) is 24.3 Å². The molecule has 2 N–H and O–H groups in total. The van der Waals surface area contributed by atoms with E-state index in [0.29, 0.717) is 18.5 Å². The van der Waals surface area contributed by atoms with Crippen molar-refractivity contribution in [1.29, 1.82) is 0 Å². The first-order valence-corrected chi connectivity index (χ1v) is 7.53. The molecule has 0 heterocycles. The molecule has 0 saturated carbocycles. The van der Waals surface area contributed by atoms with Gasteiger partial charge in [0.15, 0.2) is 0 Å². The molecule has 20 heavy (non-hydrogen) atoms. The number of aliphatic hydroxyl groups excluding tert-OH is 1. The van der Waals surface area contributed by atoms with Crippen LogP contribution in [0.4, 0.5) is 0 Å². The van der Waals surface area contributed by atoms with Gasteiger partial charge >= 0.3 is 0 Å². The minimum absolute atomic E-state index is 0.375. The van der Waals surface area contributed by atoms with Crippen molar-refractivity contribution in [3.63, 3.8) is 0 Å². The van der Waals surface area contributed by atoms with Gasteiger partial charge in [0.1, 0.15) is 0 Å². The second kappa shape index (κ2) is 8.40. The van der Waals surface area contributed by atoms with Crippen LogP contribution in [0.2, 0.25) is 0 Å². The van der Waals surface area contributed by atoms with Gasteiger partial charge in [0.05, 0.1) is 6.10 Å². The molecule has 0 fully saturated rings. The normalized spacial score (nSPS) is 14.8. The fourth-order valence-electron chi connectivity index (χ4n) is 2.39. The van der Waals surface area contributed by atoms with Gasteiger partial charge in [0.2, 0.25) is 0 Å². The van der Waals surface area contributed by atoms with Gasteiger partial charge in [-0.15, -0.1) is 0 Å². The van der Waals surface area contributed by atoms with Crippen LogP contribution < -0.4 is 5.32 Å². The fourth-order valence-corrected chi connectivity index (χ4v) is 2.39. The third-order valence-electron chi connectivity index (χ3n) is 3.31. The van der Waals surface area contributed by atoms with Crippen LogP contribution in [-0.2, 0) is 6.42 Å². The Hall–Kier alpha value is -0.900. The van der Waals surface area contributed by atoms with E-state index >= 15 is 0 Å². The molecule has 3 nitrogen and oxygen atoms in total. The highest BCUT2D eigenvalue weighted by molar-refractivity contribution is 5.24. The number of benzene rings is 1. The van der Waals surface area contributed by atoms with Crippen LogP contribution in [-0.4, -0.2) is 43.2 Å². The molecule has 1 aromatic carbocycles. The maximum Gasteiger partial charge on any atom is 0.0914 e. The molecule has 0 aliphatic rings. The molecule has 0 radical (unpaired) electrons. The number of likely N-dealkylation sites (N-methyl/N-ethyl adjacent to an activating group) is 1. The van der Waals surface area contributed by atoms with E-state index in [2.05, 4.69) is 57.2 Å². The van der Waals surface area contributed by atoms with Gasteiger partial charge in [-0.3, -0.25) is 0 Å². The number of aliphatic hydroxyl groups is 1. The molecular formula is C17H30N2O. The Labute approximate surface area is 124 Å². The van der Waals surface area contributed by atoms with Gasteiger partial charge in [0, 0.05) is 19.1 Å². The van der Waals surface area contributed by atoms with Crippen molar-refractivity contribution >= 4 is 0 Å². The molecule has 0 aliphatic carbocycles. The van der Waals surface area contributed by atoms with E-state index < -0.39 is 6.10 Å². The highest BCUT2D eigenvalue weighted by atomic mass is 16.3. The zero-order chi connectivity index (χ0) is 15.1. The SMILES string of the molecule is CC(C)Cc1ccc(C(O)CNC(C)CN(C)C)cc1. The van der Waals surface area contributed by atoms with E-state index in [1.807, 2.05) is 12.1 Å². The molecule has 1 rings (SSSR count). The number of rotatable bonds is 8. The molecule has 0 amide bonds. The summed E-state index contributed by atoms with van der Waals surface area (Å²) >= 11 is 0. The number of nitrogens with zero attached hydrogens (tertiary/aromatic N) is 1. The first kappa shape index (κ1) is 17.2. The summed E-state index contributed by atoms with van der Waals surface area (Å²) in [5.41, 5.74) is 2.33. The predicted molar refractivity (Wildman–Crippen MR) is 86.0 cm³/mol. The Morgan fingerprint density at radius 1 is 1.10 bits per heavy atom. The van der Waals surface area contributed by atoms with Crippen molar-refractivity contribution in [3.05, 3.63) is 35.4 Å². The van der Waals surface area contributed by atoms with E-state index in [4.69, 9.17) is 0 Å². The van der Waals surface area contributed by atoms with Gasteiger partial charge in [-0.05, 0) is 44.5 Å². The molecule has 1 aromatic rings. The van der Waals surface area contributed by atoms with Crippen molar-refractivity contribution in [2.45, 2.75) is 39.3 Å². The summed E-state index contributed by atoms with van der Waals surface area (Å²) in [7, 11) is 4.12. The van der Waals surface area contributed by atoms with E-state index in [-0.39, 0.29) is 0 Å². The second-order valence-electron chi connectivity index (χ2n) is 6.43. The summed E-state index contributed by atoms with van der Waals surface area (Å²) in [6.07, 6.45) is 0.654. The smallest absolute Gasteiger partial charge is 0.0914 e. The standard InChI is InChI=1S/C17H30N2O/c1-13(2)10-15-6-8-16(9-7-15)17(20)11-18-14(3)12-19(4)5/h6-9,13-14,17-18,20H,10-12H2,1-5H3. The van der Waals surface area contributed by atoms with Crippen LogP contribution in [0, 0.1) is 5.92 Å². The zero-order valence-corrected chi connectivity index (χ0v) is 13.6. The highest BCUT2D eigenvalue weighted by Gasteiger charge is 2.10. The van der Waals surface area contributed by atoms with E-state index in [0.717, 1.165) is 18.5 Å². The Morgan fingerprint density at radius 3 is 2.20 bits per heavy atom. The average Bonchev–Trinajstić information content (AvgIpc) is 2.35. The second-order valence-corrected chi connectivity index (χ2v) is 6.43. The molecule has 0 spiro atoms. The minimum atomic E-state index is -0.437. The summed E-state index contributed by atoms with van der Waals surface area (Å²) in [6.45, 7) is 8.15. The van der Waals surface area contributed by atoms with Gasteiger partial charge in [-0.25, -0.2) is 0 Å². The van der Waals surface area contributed by atoms with E-state index in [1.165, 1.54) is 5.56 Å². The molecule has 0 saturated heterocycles. The van der Waals surface area contributed by atoms with Crippen LogP contribution in [0.1, 0.15) is 38.0 Å². The molecule has 2 unspecified atom stereocenters. The summed E-state index contributed by atoms with van der Waals surface area (Å²) < 4.78 is 0. The monoisotopic (exact) mass is 278 g/mol. The molecule has 114 valence electrons. The molecule has 2 atom stereocenters. The quantitative estimate of drug-likeness (QED) is 0.767. The lowest BCUT2D eigenvalue weighted by atomic mass is 10.0. The lowest BCUT2D eigenvalue weighted by molar-refractivity contribution is 0.167. The number of nitrogens with one attached hydrogen (secondary N) is 1. The average molecular weight is 278 g/mol. The maximum atomic E-state index is 10.2. The minimum Gasteiger partial charge on any atom is -0.387 e. The number of hydrogen-bond donors (Lipinski definition) is 2. The fraction of sp³-hybridized carbons (Fsp3) is 0.647. The third kappa shape index (κ3) is 6.51. The largest absolute Gasteiger partial charge is 0.387 e. The summed E-state index contributed by atoms with van der Waals surface area (Å²) in [4.78, 5) is 2.14. The lowest BCUT2D eigenvalue weighted by Gasteiger charge is -2.20. The first-order valence-electron chi connectivity index (χ1n) is 7.53. The number of hydrogen-bond acceptors (Lipinski definition) is 3. The molecule has 0 aromatic heterocycles. The Morgan fingerprint density at radius 2 is 1.70 bits per heavy atom. The summed E-state index contributed by atoms with van der Waals surface area (Å²) in [5.74, 6) is 0.666. The van der Waals surface area contributed by atoms with Crippen LogP contribution >= 0.6 is 0 Å². The van der Waals surface area contributed by atoms with Crippen molar-refractivity contribution in [3.8, 4) is 0 Å². The summed E-state index contributed by atoms with van der Waals surface area (Å²) in [5, 5.41) is 13.6. The highest BCUT2D eigenvalue weighted by Crippen LogP contribution is 2.15. The summed E-state index contributed by atoms with van der Waals surface area (Å²) in [6, 6.07) is 8.71. The predicted octanol–water partition coefficient (Wildman–Crippen LogP) is 2.46. The van der Waals surface area contributed by atoms with Crippen LogP contribution in [0.5, 0.6) is 0 Å². The molecule has 3 heteroatoms. The van der Waals surface area contributed by atoms with Crippen molar-refractivity contribution in [1.82, 2.24) is 10.2 Å². The maximum absolute atomic E-state index is 10.2. The topological polar surface area (TPSA) is 35.5 Å². The van der Waals surface area contributed by atoms with Crippen molar-refractivity contribution in [2.24, 2.45) is 5.92 Å². The Bertz CT molecular complexity index is 373. The van der Waals surface area contributed by atoms with Crippen molar-refractivity contribution in [2.75, 3.05) is 27.2 Å². The molecule has 0 aliphatic heterocycles.